The maximum atomic E-state index is 13.4. The number of Topliss-reactive ketones (excluding diaryl/α,β-unsaturated/α-hetero) is 2. The standard InChI is InChI=1S/C22H22O2.C19H15O2P.C17H11F5O4S.C15H12O3S2.C10H10O3.C8H4F4O2.C8H8O2/c1-14(23)19-12-16(22(2,3)4)13-20(21(19)24)18-11-7-9-15-8-5-6-10-17(15)18;20-19(21)17-13-7-8-14-18(17)22(15-9-3-1-4-10-15)16-11-5-2-6-12-16;1-16(18,19)8-2-4-12(10(6-8)14(23)24)27-13-5-3-9(17(20,21)22)7-11(13)15(25)26;1-10(16)11-6-2-4-8-13(11)19-20-14-9-5-3-7-12(14)15(17)18;1-6-3-4-8(7(2)11)9(5-6)10(12)13;1-2-3(8(13)14)5(10)7(12)6(11)4(2)9;1-6-4-2-3-5-7(6)8(9)10/h5-13,24H,1-4H3;1-14H,(H,20,21);2-7H,1H3,(H,23,24)(H,25,26);2-9H,1H3,(H,17,18);3-5,11H,2H2,1H3,(H,12,13);1H3,(H,13,14);2-5H,1H3,(H,9,10). The third-order valence-electron chi connectivity index (χ3n) is 18.7. The minimum absolute atomic E-state index is 0.000203. The van der Waals surface area contributed by atoms with Crippen molar-refractivity contribution in [2.75, 3.05) is 0 Å². The number of ketones is 2. The van der Waals surface area contributed by atoms with Gasteiger partial charge in [-0.2, -0.15) is 13.2 Å². The summed E-state index contributed by atoms with van der Waals surface area (Å²) in [6.45, 7) is 17.6. The van der Waals surface area contributed by atoms with Crippen LogP contribution in [-0.4, -0.2) is 99.3 Å². The van der Waals surface area contributed by atoms with Gasteiger partial charge in [0.25, 0.3) is 5.92 Å². The fraction of sp³-hybridized carbons (Fsp3) is 0.121. The topological polar surface area (TPSA) is 336 Å². The third-order valence-corrected chi connectivity index (χ3v) is 24.9. The number of hydrogen-bond donors (Lipinski definition) is 9. The number of phenols is 1. The second-order valence-corrected chi connectivity index (χ2v) is 34.6. The third kappa shape index (κ3) is 27.7. The number of aryl methyl sites for hydroxylation is 2. The molecule has 0 bridgehead atoms. The summed E-state index contributed by atoms with van der Waals surface area (Å²) in [4.78, 5) is 102. The Morgan fingerprint density at radius 2 is 0.777 bits per heavy atom. The first kappa shape index (κ1) is 103. The van der Waals surface area contributed by atoms with E-state index in [4.69, 9.17) is 30.6 Å². The van der Waals surface area contributed by atoms with Gasteiger partial charge >= 0.3 is 48.0 Å². The zero-order valence-electron chi connectivity index (χ0n) is 70.4. The minimum Gasteiger partial charge on any atom is -0.508 e. The normalized spacial score (nSPS) is 10.8. The van der Waals surface area contributed by atoms with Crippen LogP contribution in [0, 0.1) is 44.0 Å². The van der Waals surface area contributed by atoms with Crippen LogP contribution in [0.3, 0.4) is 0 Å². The highest BCUT2D eigenvalue weighted by Crippen LogP contribution is 2.44. The van der Waals surface area contributed by atoms with Crippen LogP contribution in [-0.2, 0) is 17.5 Å². The summed E-state index contributed by atoms with van der Waals surface area (Å²) < 4.78 is 116. The van der Waals surface area contributed by atoms with E-state index in [-0.39, 0.29) is 55.0 Å². The van der Waals surface area contributed by atoms with Gasteiger partial charge in [-0.05, 0) is 170 Å². The number of carboxylic acids is 7. The van der Waals surface area contributed by atoms with Crippen molar-refractivity contribution in [3.63, 3.8) is 0 Å². The van der Waals surface area contributed by atoms with Gasteiger partial charge in [0, 0.05) is 54.3 Å². The first-order valence-corrected chi connectivity index (χ1v) is 42.7. The predicted molar refractivity (Wildman–Crippen MR) is 485 cm³/mol. The van der Waals surface area contributed by atoms with E-state index in [9.17, 15) is 98.0 Å². The van der Waals surface area contributed by atoms with Gasteiger partial charge < -0.3 is 46.0 Å². The largest absolute Gasteiger partial charge is 0.508 e. The first-order chi connectivity index (χ1) is 61.1. The van der Waals surface area contributed by atoms with Crippen LogP contribution in [0.1, 0.15) is 174 Å². The first-order valence-electron chi connectivity index (χ1n) is 38.4. The molecule has 13 rings (SSSR count). The number of halogens is 9. The summed E-state index contributed by atoms with van der Waals surface area (Å²) in [6, 6.07) is 76.0. The van der Waals surface area contributed by atoms with Crippen LogP contribution in [0.2, 0.25) is 0 Å². The number of carbonyl (C=O) groups excluding carboxylic acids is 2. The van der Waals surface area contributed by atoms with Gasteiger partial charge in [0.05, 0.1) is 44.5 Å². The van der Waals surface area contributed by atoms with Crippen LogP contribution in [0.5, 0.6) is 5.75 Å². The Labute approximate surface area is 753 Å². The van der Waals surface area contributed by atoms with Gasteiger partial charge in [0.2, 0.25) is 0 Å². The van der Waals surface area contributed by atoms with Crippen molar-refractivity contribution in [2.24, 2.45) is 0 Å². The quantitative estimate of drug-likeness (QED) is 0.00651. The molecule has 0 spiro atoms. The van der Waals surface area contributed by atoms with Crippen molar-refractivity contribution in [3.8, 4) is 16.9 Å². The summed E-state index contributed by atoms with van der Waals surface area (Å²) in [5.74, 6) is -20.1. The summed E-state index contributed by atoms with van der Waals surface area (Å²) in [5, 5.41) is 88.0. The van der Waals surface area contributed by atoms with E-state index in [1.807, 2.05) is 115 Å². The molecule has 0 aliphatic rings. The second kappa shape index (κ2) is 46.1. The molecule has 9 N–H and O–H groups in total. The fourth-order valence-electron chi connectivity index (χ4n) is 12.1. The summed E-state index contributed by atoms with van der Waals surface area (Å²) in [5.41, 5.74) is 1.70. The van der Waals surface area contributed by atoms with E-state index in [1.165, 1.54) is 41.5 Å². The van der Waals surface area contributed by atoms with Gasteiger partial charge in [0.15, 0.2) is 34.8 Å². The predicted octanol–water partition coefficient (Wildman–Crippen LogP) is 24.8. The van der Waals surface area contributed by atoms with Crippen LogP contribution in [0.25, 0.3) is 27.7 Å². The second-order valence-electron chi connectivity index (χ2n) is 29.1. The molecule has 0 fully saturated rings. The minimum atomic E-state index is -4.76. The Morgan fingerprint density at radius 1 is 0.354 bits per heavy atom. The molecule has 0 saturated carbocycles. The van der Waals surface area contributed by atoms with Crippen molar-refractivity contribution in [3.05, 3.63) is 386 Å². The van der Waals surface area contributed by atoms with E-state index >= 15 is 0 Å². The Balaban J connectivity index is 0.000000212. The lowest BCUT2D eigenvalue weighted by Gasteiger charge is -2.22. The number of rotatable bonds is 20. The molecule has 130 heavy (non-hydrogen) atoms. The van der Waals surface area contributed by atoms with Crippen molar-refractivity contribution in [1.29, 1.82) is 0 Å². The molecule has 0 aromatic heterocycles. The van der Waals surface area contributed by atoms with Gasteiger partial charge in [-0.15, -0.1) is 0 Å². The zero-order chi connectivity index (χ0) is 96.6. The van der Waals surface area contributed by atoms with Gasteiger partial charge in [0.1, 0.15) is 17.1 Å². The van der Waals surface area contributed by atoms with E-state index < -0.39 is 118 Å². The number of carboxylic acid groups (broad SMARTS) is 7. The molecule has 0 saturated heterocycles. The maximum Gasteiger partial charge on any atom is 0.416 e. The number of hydrogen-bond acceptors (Lipinski definition) is 14. The molecule has 0 unspecified atom stereocenters. The number of aliphatic hydroxyl groups excluding tert-OH is 1. The average Bonchev–Trinajstić information content (AvgIpc) is 0.750. The number of alkyl halides is 5. The lowest BCUT2D eigenvalue weighted by atomic mass is 9.82. The van der Waals surface area contributed by atoms with E-state index in [0.29, 0.717) is 63.5 Å². The van der Waals surface area contributed by atoms with E-state index in [0.717, 1.165) is 85.0 Å². The summed E-state index contributed by atoms with van der Waals surface area (Å²) in [7, 11) is 1.86. The molecule has 0 heterocycles. The number of fused-ring (bicyclic) bond motifs is 1. The summed E-state index contributed by atoms with van der Waals surface area (Å²) in [6.07, 6.45) is -4.76. The number of phenolic OH excluding ortho intramolecular Hbond substituents is 1. The highest BCUT2D eigenvalue weighted by Gasteiger charge is 2.34. The smallest absolute Gasteiger partial charge is 0.416 e. The van der Waals surface area contributed by atoms with Crippen LogP contribution in [0.4, 0.5) is 39.5 Å². The monoisotopic (exact) mass is 1860 g/mol. The lowest BCUT2D eigenvalue weighted by Crippen LogP contribution is -2.24. The molecule has 0 amide bonds. The van der Waals surface area contributed by atoms with E-state index in [2.05, 4.69) is 63.7 Å². The molecule has 13 aromatic rings. The molecular formula is C99H82F9O18PS3. The Hall–Kier alpha value is -14.1. The van der Waals surface area contributed by atoms with Crippen molar-refractivity contribution >= 4 is 127 Å². The van der Waals surface area contributed by atoms with Gasteiger partial charge in [-0.1, -0.05) is 254 Å². The number of aromatic hydroxyl groups is 1. The van der Waals surface area contributed by atoms with Gasteiger partial charge in [-0.25, -0.2) is 59.9 Å². The zero-order valence-corrected chi connectivity index (χ0v) is 73.7. The molecule has 13 aromatic carbocycles. The number of aromatic carboxylic acids is 7. The number of benzene rings is 13. The number of aliphatic hydroxyl groups is 1. The average molecular weight is 1860 g/mol. The Bertz CT molecular complexity index is 6190. The SMILES string of the molecule is C=C(O)c1ccc(C)cc1C(=O)O.CC(=O)c1cc(C(C)(C)C)cc(-c2cccc3ccccc23)c1O.CC(=O)c1ccccc1SSc1ccccc1C(=O)O.CC(F)(F)c1ccc(Sc2ccc(C(F)(F)F)cc2C(=O)O)c(C(=O)O)c1.Cc1c(F)c(F)c(F)c(F)c1C(=O)O.Cc1ccccc1C(=O)O.O=C(O)c1ccccc1P(c1ccccc1)c1ccccc1. The maximum absolute atomic E-state index is 13.4. The van der Waals surface area contributed by atoms with Crippen molar-refractivity contribution in [2.45, 2.75) is 99.4 Å². The molecular weight excluding hydrogens is 1780 g/mol. The molecule has 31 heteroatoms. The van der Waals surface area contributed by atoms with Crippen LogP contribution in [0.15, 0.2) is 293 Å². The number of carbonyl (C=O) groups is 9. The van der Waals surface area contributed by atoms with Crippen LogP contribution < -0.4 is 15.9 Å². The highest BCUT2D eigenvalue weighted by molar-refractivity contribution is 8.76. The van der Waals surface area contributed by atoms with Gasteiger partial charge in [-0.3, -0.25) is 9.59 Å². The Morgan fingerprint density at radius 3 is 1.25 bits per heavy atom. The van der Waals surface area contributed by atoms with Crippen molar-refractivity contribution in [1.82, 2.24) is 0 Å². The molecule has 0 aliphatic carbocycles. The van der Waals surface area contributed by atoms with Crippen molar-refractivity contribution < 1.29 is 129 Å². The molecule has 0 aliphatic heterocycles. The van der Waals surface area contributed by atoms with E-state index in [1.54, 1.807) is 86.6 Å². The molecule has 0 atom stereocenters. The fourth-order valence-corrected chi connectivity index (χ4v) is 18.0. The lowest BCUT2D eigenvalue weighted by molar-refractivity contribution is -0.137. The molecule has 672 valence electrons. The highest BCUT2D eigenvalue weighted by atomic mass is 33.1. The Kier molecular flexibility index (Phi) is 36.5. The molecule has 0 radical (unpaired) electrons. The molecule has 18 nitrogen and oxygen atoms in total. The van der Waals surface area contributed by atoms with Crippen LogP contribution >= 0.6 is 41.3 Å². The summed E-state index contributed by atoms with van der Waals surface area (Å²) >= 11 is 0.562.